The Hall–Kier alpha value is -1.79. The van der Waals surface area contributed by atoms with Crippen LogP contribution in [0, 0.1) is 0 Å². The summed E-state index contributed by atoms with van der Waals surface area (Å²) in [6.07, 6.45) is -2.75. The second-order valence-electron chi connectivity index (χ2n) is 3.49. The van der Waals surface area contributed by atoms with E-state index >= 15 is 0 Å². The molecular formula is C11H14O6. The first-order valence-corrected chi connectivity index (χ1v) is 4.94. The molecule has 4 N–H and O–H groups in total. The van der Waals surface area contributed by atoms with Gasteiger partial charge in [0.15, 0.2) is 6.10 Å². The highest BCUT2D eigenvalue weighted by Gasteiger charge is 2.29. The van der Waals surface area contributed by atoms with E-state index in [0.717, 1.165) is 6.92 Å². The minimum atomic E-state index is -1.43. The topological polar surface area (TPSA) is 107 Å². The summed E-state index contributed by atoms with van der Waals surface area (Å²) < 4.78 is 4.78. The third-order valence-electron chi connectivity index (χ3n) is 2.17. The van der Waals surface area contributed by atoms with Gasteiger partial charge in [-0.2, -0.15) is 0 Å². The number of benzene rings is 1. The monoisotopic (exact) mass is 242 g/mol. The van der Waals surface area contributed by atoms with Gasteiger partial charge < -0.3 is 25.2 Å². The van der Waals surface area contributed by atoms with Crippen molar-refractivity contribution in [1.82, 2.24) is 0 Å². The van der Waals surface area contributed by atoms with Crippen molar-refractivity contribution in [2.24, 2.45) is 0 Å². The van der Waals surface area contributed by atoms with Gasteiger partial charge in [0, 0.05) is 6.92 Å². The highest BCUT2D eigenvalue weighted by Crippen LogP contribution is 2.36. The molecule has 2 atom stereocenters. The van der Waals surface area contributed by atoms with Gasteiger partial charge in [-0.1, -0.05) is 6.07 Å². The predicted octanol–water partition coefficient (Wildman–Crippen LogP) is 0.0552. The van der Waals surface area contributed by atoms with Gasteiger partial charge in [-0.05, 0) is 12.1 Å². The fraction of sp³-hybridized carbons (Fsp3) is 0.364. The minimum absolute atomic E-state index is 0.135. The van der Waals surface area contributed by atoms with Crippen LogP contribution in [-0.2, 0) is 9.53 Å². The molecule has 0 aromatic heterocycles. The highest BCUT2D eigenvalue weighted by atomic mass is 16.6. The number of ether oxygens (including phenoxy) is 1. The van der Waals surface area contributed by atoms with Crippen LogP contribution < -0.4 is 0 Å². The van der Waals surface area contributed by atoms with E-state index < -0.39 is 24.8 Å². The van der Waals surface area contributed by atoms with Crippen molar-refractivity contribution >= 4 is 5.97 Å². The number of aliphatic hydroxyl groups excluding tert-OH is 2. The first-order valence-electron chi connectivity index (χ1n) is 4.94. The van der Waals surface area contributed by atoms with E-state index in [1.807, 2.05) is 0 Å². The maximum atomic E-state index is 10.9. The Morgan fingerprint density at radius 1 is 1.35 bits per heavy atom. The Balaban J connectivity index is 3.16. The van der Waals surface area contributed by atoms with Gasteiger partial charge in [0.2, 0.25) is 0 Å². The average Bonchev–Trinajstić information content (AvgIpc) is 2.26. The van der Waals surface area contributed by atoms with Crippen molar-refractivity contribution in [3.05, 3.63) is 23.8 Å². The zero-order chi connectivity index (χ0) is 13.0. The Labute approximate surface area is 97.7 Å². The van der Waals surface area contributed by atoms with Crippen molar-refractivity contribution < 1.29 is 30.0 Å². The second kappa shape index (κ2) is 5.51. The van der Waals surface area contributed by atoms with Crippen molar-refractivity contribution in [2.45, 2.75) is 19.1 Å². The third kappa shape index (κ3) is 3.08. The molecule has 0 heterocycles. The molecule has 0 aliphatic carbocycles. The molecule has 1 rings (SSSR count). The molecule has 2 unspecified atom stereocenters. The fourth-order valence-electron chi connectivity index (χ4n) is 1.44. The summed E-state index contributed by atoms with van der Waals surface area (Å²) in [6.45, 7) is 0.444. The van der Waals surface area contributed by atoms with E-state index in [1.54, 1.807) is 0 Å². The number of hydrogen-bond acceptors (Lipinski definition) is 6. The lowest BCUT2D eigenvalue weighted by Crippen LogP contribution is -2.26. The lowest BCUT2D eigenvalue weighted by molar-refractivity contribution is -0.154. The number of carbonyl (C=O) groups excluding carboxylic acids is 1. The molecule has 0 saturated carbocycles. The normalized spacial score (nSPS) is 14.1. The highest BCUT2D eigenvalue weighted by molar-refractivity contribution is 5.66. The summed E-state index contributed by atoms with van der Waals surface area (Å²) in [5.41, 5.74) is -0.135. The maximum absolute atomic E-state index is 10.9. The van der Waals surface area contributed by atoms with E-state index in [2.05, 4.69) is 0 Å². The zero-order valence-corrected chi connectivity index (χ0v) is 9.20. The van der Waals surface area contributed by atoms with Crippen LogP contribution in [0.2, 0.25) is 0 Å². The third-order valence-corrected chi connectivity index (χ3v) is 2.17. The SMILES string of the molecule is CC(=O)OC(c1c(O)cccc1O)C(O)CO. The first-order chi connectivity index (χ1) is 7.97. The van der Waals surface area contributed by atoms with Crippen LogP contribution >= 0.6 is 0 Å². The number of rotatable bonds is 4. The number of aliphatic hydroxyl groups is 2. The predicted molar refractivity (Wildman–Crippen MR) is 57.4 cm³/mol. The molecule has 6 heteroatoms. The van der Waals surface area contributed by atoms with Crippen LogP contribution in [-0.4, -0.2) is 39.1 Å². The molecule has 0 spiro atoms. The van der Waals surface area contributed by atoms with Crippen molar-refractivity contribution in [2.75, 3.05) is 6.61 Å². The van der Waals surface area contributed by atoms with E-state index in [-0.39, 0.29) is 17.1 Å². The molecule has 0 aliphatic heterocycles. The number of hydrogen-bond donors (Lipinski definition) is 4. The summed E-state index contributed by atoms with van der Waals surface area (Å²) in [6, 6.07) is 3.94. The van der Waals surface area contributed by atoms with Crippen LogP contribution in [0.5, 0.6) is 11.5 Å². The molecule has 6 nitrogen and oxygen atoms in total. The molecule has 0 saturated heterocycles. The van der Waals surface area contributed by atoms with Crippen LogP contribution in [0.25, 0.3) is 0 Å². The smallest absolute Gasteiger partial charge is 0.303 e. The van der Waals surface area contributed by atoms with E-state index in [4.69, 9.17) is 9.84 Å². The van der Waals surface area contributed by atoms with Gasteiger partial charge >= 0.3 is 5.97 Å². The minimum Gasteiger partial charge on any atom is -0.507 e. The Kier molecular flexibility index (Phi) is 4.30. The number of carbonyl (C=O) groups is 1. The average molecular weight is 242 g/mol. The summed E-state index contributed by atoms with van der Waals surface area (Å²) in [4.78, 5) is 10.9. The van der Waals surface area contributed by atoms with Crippen LogP contribution in [0.3, 0.4) is 0 Å². The number of phenolic OH excluding ortho intramolecular Hbond substituents is 2. The van der Waals surface area contributed by atoms with Gasteiger partial charge in [0.05, 0.1) is 12.2 Å². The van der Waals surface area contributed by atoms with E-state index in [1.165, 1.54) is 18.2 Å². The molecule has 1 aromatic carbocycles. The van der Waals surface area contributed by atoms with E-state index in [0.29, 0.717) is 0 Å². The molecule has 94 valence electrons. The van der Waals surface area contributed by atoms with Gasteiger partial charge in [-0.25, -0.2) is 0 Å². The summed E-state index contributed by atoms with van der Waals surface area (Å²) in [5.74, 6) is -1.36. The molecule has 0 radical (unpaired) electrons. The van der Waals surface area contributed by atoms with Gasteiger partial charge in [-0.15, -0.1) is 0 Å². The van der Waals surface area contributed by atoms with Crippen molar-refractivity contribution in [3.63, 3.8) is 0 Å². The molecule has 17 heavy (non-hydrogen) atoms. The standard InChI is InChI=1S/C11H14O6/c1-6(13)17-11(9(16)5-12)10-7(14)3-2-4-8(10)15/h2-4,9,11-12,14-16H,5H2,1H3. The second-order valence-corrected chi connectivity index (χ2v) is 3.49. The van der Waals surface area contributed by atoms with Gasteiger partial charge in [0.1, 0.15) is 17.6 Å². The Morgan fingerprint density at radius 3 is 2.29 bits per heavy atom. The Morgan fingerprint density at radius 2 is 1.88 bits per heavy atom. The quantitative estimate of drug-likeness (QED) is 0.556. The molecule has 0 aliphatic rings. The lowest BCUT2D eigenvalue weighted by atomic mass is 10.0. The molecule has 1 aromatic rings. The lowest BCUT2D eigenvalue weighted by Gasteiger charge is -2.22. The fourth-order valence-corrected chi connectivity index (χ4v) is 1.44. The van der Waals surface area contributed by atoms with Crippen LogP contribution in [0.1, 0.15) is 18.6 Å². The summed E-state index contributed by atoms with van der Waals surface area (Å²) >= 11 is 0. The van der Waals surface area contributed by atoms with Crippen molar-refractivity contribution in [3.8, 4) is 11.5 Å². The molecular weight excluding hydrogens is 228 g/mol. The largest absolute Gasteiger partial charge is 0.507 e. The first kappa shape index (κ1) is 13.3. The van der Waals surface area contributed by atoms with Crippen LogP contribution in [0.4, 0.5) is 0 Å². The van der Waals surface area contributed by atoms with E-state index in [9.17, 15) is 20.1 Å². The summed E-state index contributed by atoms with van der Waals surface area (Å²) in [7, 11) is 0. The van der Waals surface area contributed by atoms with Crippen LogP contribution in [0.15, 0.2) is 18.2 Å². The maximum Gasteiger partial charge on any atom is 0.303 e. The number of esters is 1. The molecule has 0 fully saturated rings. The summed E-state index contributed by atoms with van der Waals surface area (Å²) in [5, 5.41) is 37.5. The molecule has 0 bridgehead atoms. The molecule has 0 amide bonds. The van der Waals surface area contributed by atoms with Gasteiger partial charge in [0.25, 0.3) is 0 Å². The van der Waals surface area contributed by atoms with Crippen molar-refractivity contribution in [1.29, 1.82) is 0 Å². The Bertz CT molecular complexity index is 383. The number of phenols is 2. The number of aromatic hydroxyl groups is 2. The zero-order valence-electron chi connectivity index (χ0n) is 9.20. The van der Waals surface area contributed by atoms with Gasteiger partial charge in [-0.3, -0.25) is 4.79 Å².